The molecular weight excluding hydrogens is 214 g/mol. The number of methoxy groups -OCH3 is 1. The van der Waals surface area contributed by atoms with E-state index in [0.717, 1.165) is 17.7 Å². The number of hydrogen-bond donors (Lipinski definition) is 1. The monoisotopic (exact) mass is 237 g/mol. The highest BCUT2D eigenvalue weighted by atomic mass is 16.5. The van der Waals surface area contributed by atoms with Crippen LogP contribution in [0.4, 0.5) is 0 Å². The largest absolute Gasteiger partial charge is 0.497 e. The molecule has 0 aliphatic rings. The summed E-state index contributed by atoms with van der Waals surface area (Å²) < 4.78 is 10.9. The molecule has 0 aromatic heterocycles. The number of benzene rings is 1. The molecule has 1 atom stereocenters. The van der Waals surface area contributed by atoms with E-state index in [-0.39, 0.29) is 11.6 Å². The van der Waals surface area contributed by atoms with Gasteiger partial charge in [-0.1, -0.05) is 19.1 Å². The van der Waals surface area contributed by atoms with E-state index in [9.17, 15) is 0 Å². The van der Waals surface area contributed by atoms with Crippen molar-refractivity contribution in [3.8, 4) is 5.75 Å². The van der Waals surface area contributed by atoms with Crippen molar-refractivity contribution < 1.29 is 9.47 Å². The summed E-state index contributed by atoms with van der Waals surface area (Å²) in [6, 6.07) is 7.70. The zero-order valence-electron chi connectivity index (χ0n) is 11.2. The maximum Gasteiger partial charge on any atom is 0.118 e. The molecule has 3 heteroatoms. The standard InChI is InChI=1S/C14H23NO2/c1-5-14(2,3)17-10-13(15)11-6-8-12(16-4)9-7-11/h6-9,13H,5,10,15H2,1-4H3. The highest BCUT2D eigenvalue weighted by Crippen LogP contribution is 2.19. The van der Waals surface area contributed by atoms with Gasteiger partial charge >= 0.3 is 0 Å². The van der Waals surface area contributed by atoms with Gasteiger partial charge in [0.1, 0.15) is 5.75 Å². The molecule has 0 radical (unpaired) electrons. The van der Waals surface area contributed by atoms with Crippen molar-refractivity contribution in [3.05, 3.63) is 29.8 Å². The van der Waals surface area contributed by atoms with Gasteiger partial charge < -0.3 is 15.2 Å². The predicted molar refractivity (Wildman–Crippen MR) is 70.2 cm³/mol. The highest BCUT2D eigenvalue weighted by Gasteiger charge is 2.17. The van der Waals surface area contributed by atoms with E-state index in [1.54, 1.807) is 7.11 Å². The SMILES string of the molecule is CCC(C)(C)OCC(N)c1ccc(OC)cc1. The molecule has 0 bridgehead atoms. The average Bonchev–Trinajstić information content (AvgIpc) is 2.36. The van der Waals surface area contributed by atoms with E-state index in [2.05, 4.69) is 20.8 Å². The van der Waals surface area contributed by atoms with Gasteiger partial charge in [0.15, 0.2) is 0 Å². The molecule has 1 aromatic carbocycles. The van der Waals surface area contributed by atoms with Crippen LogP contribution in [-0.4, -0.2) is 19.3 Å². The molecule has 0 aliphatic heterocycles. The number of nitrogens with two attached hydrogens (primary N) is 1. The molecule has 3 nitrogen and oxygen atoms in total. The zero-order chi connectivity index (χ0) is 12.9. The lowest BCUT2D eigenvalue weighted by Gasteiger charge is -2.25. The smallest absolute Gasteiger partial charge is 0.118 e. The number of hydrogen-bond acceptors (Lipinski definition) is 3. The number of ether oxygens (including phenoxy) is 2. The third-order valence-electron chi connectivity index (χ3n) is 3.05. The van der Waals surface area contributed by atoms with Gasteiger partial charge in [-0.3, -0.25) is 0 Å². The van der Waals surface area contributed by atoms with Crippen molar-refractivity contribution in [2.75, 3.05) is 13.7 Å². The van der Waals surface area contributed by atoms with Crippen molar-refractivity contribution in [3.63, 3.8) is 0 Å². The second kappa shape index (κ2) is 6.03. The molecule has 0 saturated heterocycles. The minimum Gasteiger partial charge on any atom is -0.497 e. The van der Waals surface area contributed by atoms with E-state index in [1.165, 1.54) is 0 Å². The Kier molecular flexibility index (Phi) is 4.97. The summed E-state index contributed by atoms with van der Waals surface area (Å²) in [5.74, 6) is 0.843. The topological polar surface area (TPSA) is 44.5 Å². The van der Waals surface area contributed by atoms with Crippen LogP contribution in [0.5, 0.6) is 5.75 Å². The van der Waals surface area contributed by atoms with E-state index in [0.29, 0.717) is 6.61 Å². The summed E-state index contributed by atoms with van der Waals surface area (Å²) in [5, 5.41) is 0. The summed E-state index contributed by atoms with van der Waals surface area (Å²) in [5.41, 5.74) is 7.04. The molecule has 96 valence electrons. The van der Waals surface area contributed by atoms with Crippen molar-refractivity contribution in [2.24, 2.45) is 5.73 Å². The first-order valence-electron chi connectivity index (χ1n) is 6.02. The Morgan fingerprint density at radius 1 is 1.24 bits per heavy atom. The van der Waals surface area contributed by atoms with Crippen LogP contribution in [0.25, 0.3) is 0 Å². The molecule has 0 aliphatic carbocycles. The van der Waals surface area contributed by atoms with E-state index >= 15 is 0 Å². The Bertz CT molecular complexity index is 333. The maximum atomic E-state index is 6.08. The van der Waals surface area contributed by atoms with Crippen LogP contribution >= 0.6 is 0 Å². The molecule has 0 spiro atoms. The highest BCUT2D eigenvalue weighted by molar-refractivity contribution is 5.28. The minimum absolute atomic E-state index is 0.0910. The maximum absolute atomic E-state index is 6.08. The Morgan fingerprint density at radius 3 is 2.29 bits per heavy atom. The van der Waals surface area contributed by atoms with Crippen LogP contribution in [-0.2, 0) is 4.74 Å². The van der Waals surface area contributed by atoms with Gasteiger partial charge in [0.2, 0.25) is 0 Å². The summed E-state index contributed by atoms with van der Waals surface area (Å²) >= 11 is 0. The predicted octanol–water partition coefficient (Wildman–Crippen LogP) is 2.90. The molecule has 0 amide bonds. The third-order valence-corrected chi connectivity index (χ3v) is 3.05. The van der Waals surface area contributed by atoms with Gasteiger partial charge in [0.25, 0.3) is 0 Å². The van der Waals surface area contributed by atoms with Crippen molar-refractivity contribution in [1.82, 2.24) is 0 Å². The lowest BCUT2D eigenvalue weighted by molar-refractivity contribution is -0.0267. The fraction of sp³-hybridized carbons (Fsp3) is 0.571. The lowest BCUT2D eigenvalue weighted by Crippen LogP contribution is -2.28. The molecule has 0 fully saturated rings. The molecular formula is C14H23NO2. The lowest BCUT2D eigenvalue weighted by atomic mass is 10.1. The molecule has 0 saturated carbocycles. The Morgan fingerprint density at radius 2 is 1.82 bits per heavy atom. The van der Waals surface area contributed by atoms with Crippen LogP contribution in [0, 0.1) is 0 Å². The first-order chi connectivity index (χ1) is 7.98. The molecule has 17 heavy (non-hydrogen) atoms. The number of rotatable bonds is 6. The Hall–Kier alpha value is -1.06. The van der Waals surface area contributed by atoms with Crippen LogP contribution in [0.2, 0.25) is 0 Å². The average molecular weight is 237 g/mol. The minimum atomic E-state index is -0.107. The molecule has 1 unspecified atom stereocenters. The van der Waals surface area contributed by atoms with Crippen LogP contribution in [0.1, 0.15) is 38.8 Å². The fourth-order valence-corrected chi connectivity index (χ4v) is 1.36. The van der Waals surface area contributed by atoms with Gasteiger partial charge in [0, 0.05) is 0 Å². The van der Waals surface area contributed by atoms with Gasteiger partial charge in [-0.25, -0.2) is 0 Å². The van der Waals surface area contributed by atoms with Gasteiger partial charge in [-0.2, -0.15) is 0 Å². The first-order valence-corrected chi connectivity index (χ1v) is 6.02. The quantitative estimate of drug-likeness (QED) is 0.827. The third kappa shape index (κ3) is 4.36. The van der Waals surface area contributed by atoms with Crippen LogP contribution in [0.15, 0.2) is 24.3 Å². The molecule has 1 rings (SSSR count). The van der Waals surface area contributed by atoms with Gasteiger partial charge in [0.05, 0.1) is 25.4 Å². The van der Waals surface area contributed by atoms with Crippen LogP contribution < -0.4 is 10.5 Å². The van der Waals surface area contributed by atoms with Crippen molar-refractivity contribution in [2.45, 2.75) is 38.8 Å². The van der Waals surface area contributed by atoms with Gasteiger partial charge in [-0.15, -0.1) is 0 Å². The molecule has 2 N–H and O–H groups in total. The van der Waals surface area contributed by atoms with E-state index in [4.69, 9.17) is 15.2 Å². The first kappa shape index (κ1) is 14.0. The second-order valence-electron chi connectivity index (χ2n) is 4.80. The summed E-state index contributed by atoms with van der Waals surface area (Å²) in [4.78, 5) is 0. The summed E-state index contributed by atoms with van der Waals surface area (Å²) in [6.07, 6.45) is 0.975. The molecule has 0 heterocycles. The van der Waals surface area contributed by atoms with E-state index < -0.39 is 0 Å². The van der Waals surface area contributed by atoms with Gasteiger partial charge in [-0.05, 0) is 38.0 Å². The van der Waals surface area contributed by atoms with E-state index in [1.807, 2.05) is 24.3 Å². The Balaban J connectivity index is 2.54. The summed E-state index contributed by atoms with van der Waals surface area (Å²) in [7, 11) is 1.65. The van der Waals surface area contributed by atoms with Crippen molar-refractivity contribution >= 4 is 0 Å². The van der Waals surface area contributed by atoms with Crippen LogP contribution in [0.3, 0.4) is 0 Å². The summed E-state index contributed by atoms with van der Waals surface area (Å²) in [6.45, 7) is 6.80. The molecule has 1 aromatic rings. The second-order valence-corrected chi connectivity index (χ2v) is 4.80. The Labute approximate surface area is 104 Å². The normalized spacial score (nSPS) is 13.5. The fourth-order valence-electron chi connectivity index (χ4n) is 1.36. The van der Waals surface area contributed by atoms with Crippen molar-refractivity contribution in [1.29, 1.82) is 0 Å². The zero-order valence-corrected chi connectivity index (χ0v) is 11.2.